The molecule has 4 heteroatoms. The molecule has 0 aliphatic rings. The van der Waals surface area contributed by atoms with E-state index in [1.54, 1.807) is 0 Å². The van der Waals surface area contributed by atoms with Crippen molar-refractivity contribution in [1.82, 2.24) is 0 Å². The highest BCUT2D eigenvalue weighted by molar-refractivity contribution is 5.72. The minimum atomic E-state index is -0.715. The number of carbonyl (C=O) groups is 1. The molecule has 0 aromatic rings. The van der Waals surface area contributed by atoms with Crippen molar-refractivity contribution < 1.29 is 19.5 Å². The molecule has 0 spiro atoms. The summed E-state index contributed by atoms with van der Waals surface area (Å²) < 4.78 is 0.501. The lowest BCUT2D eigenvalue weighted by molar-refractivity contribution is -0.941. The molecule has 0 aliphatic carbocycles. The summed E-state index contributed by atoms with van der Waals surface area (Å²) in [4.78, 5) is 12.0. The fraction of sp³-hybridized carbons (Fsp3) is 0.857. The molecule has 1 atom stereocenters. The van der Waals surface area contributed by atoms with Gasteiger partial charge in [0.2, 0.25) is 0 Å². The lowest BCUT2D eigenvalue weighted by Crippen LogP contribution is -2.60. The van der Waals surface area contributed by atoms with E-state index in [1.807, 2.05) is 13.0 Å². The molecule has 0 bridgehead atoms. The van der Waals surface area contributed by atoms with Gasteiger partial charge in [0, 0.05) is 6.42 Å². The second-order valence-electron chi connectivity index (χ2n) is 7.36. The number of hydrogen-bond donors (Lipinski definition) is 2. The van der Waals surface area contributed by atoms with E-state index < -0.39 is 12.0 Å². The summed E-state index contributed by atoms with van der Waals surface area (Å²) in [6.45, 7) is 10.6. The van der Waals surface area contributed by atoms with Gasteiger partial charge >= 0.3 is 5.97 Å². The van der Waals surface area contributed by atoms with Crippen molar-refractivity contribution in [3.8, 4) is 0 Å². The topological polar surface area (TPSA) is 57.5 Å². The van der Waals surface area contributed by atoms with E-state index >= 15 is 0 Å². The second-order valence-corrected chi connectivity index (χ2v) is 7.36. The molecule has 0 aliphatic heterocycles. The largest absolute Gasteiger partial charge is 0.507 e. The third-order valence-corrected chi connectivity index (χ3v) is 5.09. The number of allylic oxidation sites excluding steroid dienone is 1. The Morgan fingerprint density at radius 2 is 1.44 bits per heavy atom. The molecule has 0 fully saturated rings. The molecule has 0 radical (unpaired) electrons. The van der Waals surface area contributed by atoms with Gasteiger partial charge < -0.3 is 14.7 Å². The normalized spacial score (nSPS) is 13.8. The van der Waals surface area contributed by atoms with Gasteiger partial charge in [-0.15, -0.1) is 0 Å². The number of carboxylic acids is 1. The van der Waals surface area contributed by atoms with E-state index in [-0.39, 0.29) is 0 Å². The summed E-state index contributed by atoms with van der Waals surface area (Å²) in [5.74, 6) is -0.335. The van der Waals surface area contributed by atoms with Crippen LogP contribution in [0.25, 0.3) is 0 Å². The van der Waals surface area contributed by atoms with E-state index in [0.29, 0.717) is 23.2 Å². The van der Waals surface area contributed by atoms with E-state index in [9.17, 15) is 15.0 Å². The molecule has 148 valence electrons. The van der Waals surface area contributed by atoms with Crippen LogP contribution >= 0.6 is 0 Å². The minimum Gasteiger partial charge on any atom is -0.507 e. The predicted octanol–water partition coefficient (Wildman–Crippen LogP) is 5.68. The molecule has 2 N–H and O–H groups in total. The average molecular weight is 357 g/mol. The molecular weight excluding hydrogens is 314 g/mol. The summed E-state index contributed by atoms with van der Waals surface area (Å²) in [6, 6.07) is -0.422. The average Bonchev–Trinajstić information content (AvgIpc) is 2.59. The maximum Gasteiger partial charge on any atom is 0.362 e. The number of aliphatic hydroxyl groups excluding tert-OH is 1. The highest BCUT2D eigenvalue weighted by atomic mass is 16.4. The Labute approximate surface area is 155 Å². The van der Waals surface area contributed by atoms with E-state index in [4.69, 9.17) is 0 Å². The Hall–Kier alpha value is -1.03. The monoisotopic (exact) mass is 356 g/mol. The van der Waals surface area contributed by atoms with Gasteiger partial charge in [0.1, 0.15) is 12.3 Å². The Kier molecular flexibility index (Phi) is 13.6. The van der Waals surface area contributed by atoms with Crippen molar-refractivity contribution in [3.63, 3.8) is 0 Å². The van der Waals surface area contributed by atoms with Gasteiger partial charge in [0.15, 0.2) is 6.04 Å². The second kappa shape index (κ2) is 14.2. The number of unbranched alkanes of at least 4 members (excludes halogenated alkanes) is 5. The van der Waals surface area contributed by atoms with Gasteiger partial charge in [-0.1, -0.05) is 53.4 Å². The zero-order valence-electron chi connectivity index (χ0n) is 17.1. The highest BCUT2D eigenvalue weighted by Crippen LogP contribution is 2.24. The standard InChI is InChI=1S/C21H41NO3/c1-5-9-12-13-15-19(23)18-22(16-10-6-2,17-11-7-3)20(14-8-4)21(24)25/h15,20H,5-14,16-18H2,1-4H3,(H-,23,24,25)/p+1/b19-15+. The predicted molar refractivity (Wildman–Crippen MR) is 106 cm³/mol. The maximum atomic E-state index is 12.0. The Bertz CT molecular complexity index is 371. The van der Waals surface area contributed by atoms with Crippen molar-refractivity contribution in [1.29, 1.82) is 0 Å². The summed E-state index contributed by atoms with van der Waals surface area (Å²) in [6.07, 6.45) is 11.8. The Morgan fingerprint density at radius 1 is 0.880 bits per heavy atom. The molecule has 0 aromatic carbocycles. The van der Waals surface area contributed by atoms with Gasteiger partial charge in [0.05, 0.1) is 13.1 Å². The number of quaternary nitrogens is 1. The third kappa shape index (κ3) is 9.29. The van der Waals surface area contributed by atoms with Gasteiger partial charge in [-0.25, -0.2) is 4.79 Å². The third-order valence-electron chi connectivity index (χ3n) is 5.09. The van der Waals surface area contributed by atoms with Crippen LogP contribution in [0.4, 0.5) is 0 Å². The smallest absolute Gasteiger partial charge is 0.362 e. The SMILES string of the molecule is CCCCC/C=C(/O)C[N+](CCCC)(CCCC)C(CCC)C(=O)O. The molecular formula is C21H42NO3+. The number of aliphatic carboxylic acids is 1. The van der Waals surface area contributed by atoms with E-state index in [0.717, 1.165) is 58.0 Å². The molecule has 1 unspecified atom stereocenters. The van der Waals surface area contributed by atoms with Crippen LogP contribution in [0.5, 0.6) is 0 Å². The van der Waals surface area contributed by atoms with Crippen LogP contribution in [0.15, 0.2) is 11.8 Å². The molecule has 4 nitrogen and oxygen atoms in total. The number of aliphatic hydroxyl groups is 1. The Balaban J connectivity index is 5.44. The van der Waals surface area contributed by atoms with Crippen LogP contribution in [0, 0.1) is 0 Å². The first-order chi connectivity index (χ1) is 12.0. The first kappa shape index (κ1) is 24.0. The summed E-state index contributed by atoms with van der Waals surface area (Å²) >= 11 is 0. The van der Waals surface area contributed by atoms with Crippen molar-refractivity contribution in [2.75, 3.05) is 19.6 Å². The van der Waals surface area contributed by atoms with Crippen molar-refractivity contribution >= 4 is 5.97 Å². The van der Waals surface area contributed by atoms with Crippen LogP contribution in [0.3, 0.4) is 0 Å². The molecule has 0 heterocycles. The van der Waals surface area contributed by atoms with Gasteiger partial charge in [0.25, 0.3) is 0 Å². The molecule has 0 rings (SSSR count). The molecule has 0 aromatic heterocycles. The summed E-state index contributed by atoms with van der Waals surface area (Å²) in [5.41, 5.74) is 0. The number of carboxylic acid groups (broad SMARTS) is 1. The van der Waals surface area contributed by atoms with Crippen LogP contribution in [-0.2, 0) is 4.79 Å². The summed E-state index contributed by atoms with van der Waals surface area (Å²) in [7, 11) is 0. The van der Waals surface area contributed by atoms with Crippen molar-refractivity contribution in [2.45, 2.75) is 97.9 Å². The first-order valence-corrected chi connectivity index (χ1v) is 10.4. The Morgan fingerprint density at radius 3 is 1.88 bits per heavy atom. The minimum absolute atomic E-state index is 0.380. The molecule has 0 saturated heterocycles. The van der Waals surface area contributed by atoms with Gasteiger partial charge in [-0.05, 0) is 38.2 Å². The lowest BCUT2D eigenvalue weighted by Gasteiger charge is -2.43. The maximum absolute atomic E-state index is 12.0. The lowest BCUT2D eigenvalue weighted by atomic mass is 10.0. The molecule has 0 saturated carbocycles. The zero-order chi connectivity index (χ0) is 19.1. The highest BCUT2D eigenvalue weighted by Gasteiger charge is 2.41. The fourth-order valence-electron chi connectivity index (χ4n) is 3.59. The van der Waals surface area contributed by atoms with Crippen LogP contribution in [-0.4, -0.2) is 46.3 Å². The van der Waals surface area contributed by atoms with Crippen LogP contribution in [0.2, 0.25) is 0 Å². The number of nitrogens with zero attached hydrogens (tertiary/aromatic N) is 1. The molecule has 25 heavy (non-hydrogen) atoms. The zero-order valence-corrected chi connectivity index (χ0v) is 17.1. The van der Waals surface area contributed by atoms with Gasteiger partial charge in [-0.2, -0.15) is 0 Å². The van der Waals surface area contributed by atoms with Crippen molar-refractivity contribution in [3.05, 3.63) is 11.8 Å². The van der Waals surface area contributed by atoms with E-state index in [2.05, 4.69) is 20.8 Å². The van der Waals surface area contributed by atoms with Crippen LogP contribution in [0.1, 0.15) is 91.9 Å². The van der Waals surface area contributed by atoms with Gasteiger partial charge in [-0.3, -0.25) is 0 Å². The molecule has 0 amide bonds. The summed E-state index contributed by atoms with van der Waals surface area (Å²) in [5, 5.41) is 20.4. The fourth-order valence-corrected chi connectivity index (χ4v) is 3.59. The number of rotatable bonds is 16. The number of hydrogen-bond acceptors (Lipinski definition) is 2. The first-order valence-electron chi connectivity index (χ1n) is 10.4. The van der Waals surface area contributed by atoms with Crippen LogP contribution < -0.4 is 0 Å². The van der Waals surface area contributed by atoms with Crippen molar-refractivity contribution in [2.24, 2.45) is 0 Å². The quantitative estimate of drug-likeness (QED) is 0.212. The van der Waals surface area contributed by atoms with E-state index in [1.165, 1.54) is 12.8 Å².